The van der Waals surface area contributed by atoms with Gasteiger partial charge in [-0.15, -0.1) is 11.3 Å². The number of hydrogen-bond acceptors (Lipinski definition) is 4. The number of hydrogen-bond donors (Lipinski definition) is 1. The average Bonchev–Trinajstić information content (AvgIpc) is 2.78. The molecule has 0 fully saturated rings. The standard InChI is InChI=1S/C11H15NO3S2/c1-9-4-6-12(7-5-9)17(14,15)11-3-2-10(8-13)16-11/h2-4,13H,5-8H2,1H3. The second-order valence-electron chi connectivity index (χ2n) is 4.04. The summed E-state index contributed by atoms with van der Waals surface area (Å²) >= 11 is 1.13. The van der Waals surface area contributed by atoms with Crippen molar-refractivity contribution in [1.82, 2.24) is 4.31 Å². The van der Waals surface area contributed by atoms with Gasteiger partial charge in [0.05, 0.1) is 6.61 Å². The summed E-state index contributed by atoms with van der Waals surface area (Å²) in [5.41, 5.74) is 1.23. The molecular formula is C11H15NO3S2. The lowest BCUT2D eigenvalue weighted by Gasteiger charge is -2.23. The molecule has 1 aromatic heterocycles. The van der Waals surface area contributed by atoms with Crippen molar-refractivity contribution in [3.05, 3.63) is 28.7 Å². The van der Waals surface area contributed by atoms with Crippen LogP contribution >= 0.6 is 11.3 Å². The van der Waals surface area contributed by atoms with Crippen LogP contribution in [0, 0.1) is 0 Å². The lowest BCUT2D eigenvalue weighted by molar-refractivity contribution is 0.285. The number of sulfonamides is 1. The van der Waals surface area contributed by atoms with Crippen LogP contribution in [0.15, 0.2) is 28.0 Å². The molecule has 0 spiro atoms. The molecule has 1 aliphatic heterocycles. The Hall–Kier alpha value is -0.690. The van der Waals surface area contributed by atoms with E-state index in [1.807, 2.05) is 13.0 Å². The summed E-state index contributed by atoms with van der Waals surface area (Å²) in [6.07, 6.45) is 2.74. The van der Waals surface area contributed by atoms with Gasteiger partial charge in [0.15, 0.2) is 0 Å². The smallest absolute Gasteiger partial charge is 0.252 e. The van der Waals surface area contributed by atoms with E-state index in [4.69, 9.17) is 5.11 Å². The molecule has 2 rings (SSSR count). The van der Waals surface area contributed by atoms with Crippen molar-refractivity contribution >= 4 is 21.4 Å². The lowest BCUT2D eigenvalue weighted by atomic mass is 10.1. The van der Waals surface area contributed by atoms with Gasteiger partial charge in [-0.1, -0.05) is 11.6 Å². The highest BCUT2D eigenvalue weighted by atomic mass is 32.2. The van der Waals surface area contributed by atoms with Gasteiger partial charge in [0.1, 0.15) is 4.21 Å². The Balaban J connectivity index is 2.24. The van der Waals surface area contributed by atoms with Crippen molar-refractivity contribution in [3.63, 3.8) is 0 Å². The first-order chi connectivity index (χ1) is 8.04. The SMILES string of the molecule is CC1=CCN(S(=O)(=O)c2ccc(CO)s2)CC1. The van der Waals surface area contributed by atoms with Crippen LogP contribution in [0.5, 0.6) is 0 Å². The van der Waals surface area contributed by atoms with E-state index in [1.54, 1.807) is 12.1 Å². The molecule has 1 N–H and O–H groups in total. The Labute approximate surface area is 105 Å². The molecule has 1 aliphatic rings. The second-order valence-corrected chi connectivity index (χ2v) is 7.38. The topological polar surface area (TPSA) is 57.6 Å². The fourth-order valence-electron chi connectivity index (χ4n) is 1.68. The molecule has 0 atom stereocenters. The Bertz CT molecular complexity index is 531. The summed E-state index contributed by atoms with van der Waals surface area (Å²) in [5.74, 6) is 0. The van der Waals surface area contributed by atoms with E-state index >= 15 is 0 Å². The fraction of sp³-hybridized carbons (Fsp3) is 0.455. The van der Waals surface area contributed by atoms with Crippen molar-refractivity contribution in [2.75, 3.05) is 13.1 Å². The molecule has 2 heterocycles. The molecule has 17 heavy (non-hydrogen) atoms. The third kappa shape index (κ3) is 2.60. The molecule has 0 aromatic carbocycles. The molecule has 6 heteroatoms. The highest BCUT2D eigenvalue weighted by Gasteiger charge is 2.26. The predicted octanol–water partition coefficient (Wildman–Crippen LogP) is 1.58. The molecule has 0 aliphatic carbocycles. The van der Waals surface area contributed by atoms with Crippen LogP contribution in [-0.2, 0) is 16.6 Å². The quantitative estimate of drug-likeness (QED) is 0.851. The minimum absolute atomic E-state index is 0.112. The molecule has 0 unspecified atom stereocenters. The first kappa shape index (κ1) is 12.8. The number of thiophene rings is 1. The second kappa shape index (κ2) is 4.89. The molecule has 4 nitrogen and oxygen atoms in total. The van der Waals surface area contributed by atoms with Crippen LogP contribution in [0.2, 0.25) is 0 Å². The van der Waals surface area contributed by atoms with E-state index in [0.717, 1.165) is 17.8 Å². The minimum Gasteiger partial charge on any atom is -0.391 e. The molecule has 94 valence electrons. The van der Waals surface area contributed by atoms with Crippen molar-refractivity contribution in [1.29, 1.82) is 0 Å². The number of nitrogens with zero attached hydrogens (tertiary/aromatic N) is 1. The Morgan fingerprint density at radius 3 is 2.76 bits per heavy atom. The van der Waals surface area contributed by atoms with Crippen molar-refractivity contribution in [3.8, 4) is 0 Å². The van der Waals surface area contributed by atoms with Gasteiger partial charge in [0, 0.05) is 18.0 Å². The van der Waals surface area contributed by atoms with E-state index in [9.17, 15) is 8.42 Å². The van der Waals surface area contributed by atoms with E-state index in [0.29, 0.717) is 22.2 Å². The third-order valence-corrected chi connectivity index (χ3v) is 6.19. The average molecular weight is 273 g/mol. The zero-order valence-electron chi connectivity index (χ0n) is 9.59. The molecule has 0 saturated carbocycles. The Morgan fingerprint density at radius 2 is 2.24 bits per heavy atom. The van der Waals surface area contributed by atoms with Gasteiger partial charge in [-0.05, 0) is 25.5 Å². The van der Waals surface area contributed by atoms with Gasteiger partial charge in [-0.25, -0.2) is 8.42 Å². The van der Waals surface area contributed by atoms with Gasteiger partial charge in [0.25, 0.3) is 10.0 Å². The maximum Gasteiger partial charge on any atom is 0.252 e. The minimum atomic E-state index is -3.38. The fourth-order valence-corrected chi connectivity index (χ4v) is 4.43. The maximum atomic E-state index is 12.2. The van der Waals surface area contributed by atoms with E-state index in [2.05, 4.69) is 0 Å². The summed E-state index contributed by atoms with van der Waals surface area (Å²) < 4.78 is 26.3. The summed E-state index contributed by atoms with van der Waals surface area (Å²) in [6.45, 7) is 2.88. The Kier molecular flexibility index (Phi) is 3.67. The number of rotatable bonds is 3. The van der Waals surface area contributed by atoms with Gasteiger partial charge >= 0.3 is 0 Å². The maximum absolute atomic E-state index is 12.2. The first-order valence-electron chi connectivity index (χ1n) is 5.39. The van der Waals surface area contributed by atoms with Gasteiger partial charge in [-0.3, -0.25) is 0 Å². The summed E-state index contributed by atoms with van der Waals surface area (Å²) in [6, 6.07) is 3.22. The van der Waals surface area contributed by atoms with E-state index in [-0.39, 0.29) is 6.61 Å². The molecule has 1 aromatic rings. The van der Waals surface area contributed by atoms with Crippen molar-refractivity contribution < 1.29 is 13.5 Å². The highest BCUT2D eigenvalue weighted by Crippen LogP contribution is 2.26. The van der Waals surface area contributed by atoms with Gasteiger partial charge in [-0.2, -0.15) is 4.31 Å². The largest absolute Gasteiger partial charge is 0.391 e. The van der Waals surface area contributed by atoms with Crippen LogP contribution in [-0.4, -0.2) is 30.9 Å². The molecule has 0 bridgehead atoms. The summed E-state index contributed by atoms with van der Waals surface area (Å²) in [4.78, 5) is 0.673. The van der Waals surface area contributed by atoms with Gasteiger partial charge in [0.2, 0.25) is 0 Å². The number of aliphatic hydroxyl groups excluding tert-OH is 1. The zero-order chi connectivity index (χ0) is 12.5. The van der Waals surface area contributed by atoms with Crippen molar-refractivity contribution in [2.45, 2.75) is 24.2 Å². The molecular weight excluding hydrogens is 258 g/mol. The van der Waals surface area contributed by atoms with E-state index in [1.165, 1.54) is 9.88 Å². The van der Waals surface area contributed by atoms with Crippen LogP contribution in [0.4, 0.5) is 0 Å². The van der Waals surface area contributed by atoms with Crippen LogP contribution in [0.25, 0.3) is 0 Å². The Morgan fingerprint density at radius 1 is 1.47 bits per heavy atom. The third-order valence-electron chi connectivity index (χ3n) is 2.79. The summed E-state index contributed by atoms with van der Waals surface area (Å²) in [5, 5.41) is 8.95. The van der Waals surface area contributed by atoms with Crippen LogP contribution in [0.1, 0.15) is 18.2 Å². The number of aliphatic hydroxyl groups is 1. The van der Waals surface area contributed by atoms with E-state index < -0.39 is 10.0 Å². The van der Waals surface area contributed by atoms with Crippen LogP contribution in [0.3, 0.4) is 0 Å². The van der Waals surface area contributed by atoms with Crippen molar-refractivity contribution in [2.24, 2.45) is 0 Å². The van der Waals surface area contributed by atoms with Gasteiger partial charge < -0.3 is 5.11 Å². The monoisotopic (exact) mass is 273 g/mol. The molecule has 0 amide bonds. The predicted molar refractivity (Wildman–Crippen MR) is 67.4 cm³/mol. The summed E-state index contributed by atoms with van der Waals surface area (Å²) in [7, 11) is -3.38. The lowest BCUT2D eigenvalue weighted by Crippen LogP contribution is -2.34. The normalized spacial score (nSPS) is 18.1. The van der Waals surface area contributed by atoms with Crippen LogP contribution < -0.4 is 0 Å². The molecule has 0 saturated heterocycles. The zero-order valence-corrected chi connectivity index (χ0v) is 11.2. The first-order valence-corrected chi connectivity index (χ1v) is 7.65. The molecule has 0 radical (unpaired) electrons. The highest BCUT2D eigenvalue weighted by molar-refractivity contribution is 7.91.